The molecule has 2 rings (SSSR count). The molecule has 3 unspecified atom stereocenters. The smallest absolute Gasteiger partial charge is 0.305 e. The van der Waals surface area contributed by atoms with Gasteiger partial charge in [0.2, 0.25) is 0 Å². The highest BCUT2D eigenvalue weighted by atomic mass is 16.5. The highest BCUT2D eigenvalue weighted by Crippen LogP contribution is 2.47. The minimum atomic E-state index is 0.00713. The molecule has 2 aliphatic rings. The van der Waals surface area contributed by atoms with Gasteiger partial charge in [0.15, 0.2) is 0 Å². The highest BCUT2D eigenvalue weighted by molar-refractivity contribution is 5.69. The molecule has 0 aromatic rings. The van der Waals surface area contributed by atoms with Crippen LogP contribution in [-0.4, -0.2) is 12.6 Å². The summed E-state index contributed by atoms with van der Waals surface area (Å²) in [6.07, 6.45) is 14.9. The molecule has 3 atom stereocenters. The number of carbonyl (C=O) groups is 1. The summed E-state index contributed by atoms with van der Waals surface area (Å²) in [5.74, 6) is 2.51. The van der Waals surface area contributed by atoms with Crippen LogP contribution in [0.2, 0.25) is 0 Å². The molecular formula is C17H28O2. The van der Waals surface area contributed by atoms with Crippen LogP contribution in [0.3, 0.4) is 0 Å². The third kappa shape index (κ3) is 5.38. The Hall–Kier alpha value is -0.790. The predicted molar refractivity (Wildman–Crippen MR) is 77.8 cm³/mol. The Kier molecular flexibility index (Phi) is 5.93. The first-order valence-corrected chi connectivity index (χ1v) is 8.09. The first-order chi connectivity index (χ1) is 9.27. The second-order valence-corrected chi connectivity index (χ2v) is 6.26. The lowest BCUT2D eigenvalue weighted by molar-refractivity contribution is -0.143. The summed E-state index contributed by atoms with van der Waals surface area (Å²) in [5, 5.41) is 0. The van der Waals surface area contributed by atoms with Gasteiger partial charge >= 0.3 is 5.97 Å². The lowest BCUT2D eigenvalue weighted by Crippen LogP contribution is -2.06. The largest absolute Gasteiger partial charge is 0.466 e. The zero-order chi connectivity index (χ0) is 13.5. The summed E-state index contributed by atoms with van der Waals surface area (Å²) in [5.41, 5.74) is 0. The maximum absolute atomic E-state index is 11.5. The van der Waals surface area contributed by atoms with Crippen molar-refractivity contribution in [1.82, 2.24) is 0 Å². The molecule has 0 radical (unpaired) electrons. The van der Waals surface area contributed by atoms with Gasteiger partial charge in [-0.15, -0.1) is 0 Å². The van der Waals surface area contributed by atoms with Crippen LogP contribution in [-0.2, 0) is 9.53 Å². The van der Waals surface area contributed by atoms with Crippen LogP contribution in [0.5, 0.6) is 0 Å². The van der Waals surface area contributed by atoms with E-state index in [9.17, 15) is 4.79 Å². The van der Waals surface area contributed by atoms with Gasteiger partial charge in [-0.05, 0) is 56.3 Å². The fraction of sp³-hybridized carbons (Fsp3) is 0.824. The monoisotopic (exact) mass is 264 g/mol. The molecule has 1 aliphatic heterocycles. The normalized spacial score (nSPS) is 36.1. The van der Waals surface area contributed by atoms with Gasteiger partial charge in [0, 0.05) is 6.42 Å². The second-order valence-electron chi connectivity index (χ2n) is 6.26. The first kappa shape index (κ1) is 14.6. The van der Waals surface area contributed by atoms with Crippen molar-refractivity contribution in [2.75, 3.05) is 6.61 Å². The highest BCUT2D eigenvalue weighted by Gasteiger charge is 2.39. The van der Waals surface area contributed by atoms with Crippen molar-refractivity contribution in [3.63, 3.8) is 0 Å². The molecule has 1 fully saturated rings. The molecule has 0 aromatic heterocycles. The molecular weight excluding hydrogens is 236 g/mol. The molecule has 0 amide bonds. The van der Waals surface area contributed by atoms with Gasteiger partial charge < -0.3 is 4.74 Å². The zero-order valence-corrected chi connectivity index (χ0v) is 12.3. The van der Waals surface area contributed by atoms with E-state index in [1.165, 1.54) is 32.1 Å². The molecule has 2 nitrogen and oxygen atoms in total. The van der Waals surface area contributed by atoms with Crippen LogP contribution in [0.25, 0.3) is 0 Å². The molecule has 1 aliphatic carbocycles. The summed E-state index contributed by atoms with van der Waals surface area (Å²) in [4.78, 5) is 11.5. The minimum Gasteiger partial charge on any atom is -0.466 e. The van der Waals surface area contributed by atoms with Gasteiger partial charge in [0.05, 0.1) is 6.61 Å². The summed E-state index contributed by atoms with van der Waals surface area (Å²) >= 11 is 0. The van der Waals surface area contributed by atoms with E-state index in [2.05, 4.69) is 19.1 Å². The van der Waals surface area contributed by atoms with E-state index in [1.54, 1.807) is 0 Å². The summed E-state index contributed by atoms with van der Waals surface area (Å²) in [7, 11) is 0. The molecule has 0 spiro atoms. The van der Waals surface area contributed by atoms with Gasteiger partial charge in [-0.2, -0.15) is 0 Å². The average Bonchev–Trinajstić information content (AvgIpc) is 3.16. The van der Waals surface area contributed by atoms with Gasteiger partial charge in [-0.1, -0.05) is 31.9 Å². The van der Waals surface area contributed by atoms with Crippen molar-refractivity contribution in [2.45, 2.75) is 64.7 Å². The number of esters is 1. The number of rotatable bonds is 0. The maximum atomic E-state index is 11.5. The number of hydrogen-bond donors (Lipinski definition) is 0. The number of cyclic esters (lactones) is 1. The Bertz CT molecular complexity index is 308. The zero-order valence-electron chi connectivity index (χ0n) is 12.3. The van der Waals surface area contributed by atoms with Gasteiger partial charge in [-0.25, -0.2) is 0 Å². The number of ether oxygens (including phenoxy) is 1. The quantitative estimate of drug-likeness (QED) is 0.476. The third-order valence-corrected chi connectivity index (χ3v) is 4.58. The third-order valence-electron chi connectivity index (χ3n) is 4.58. The number of hydrogen-bond acceptors (Lipinski definition) is 2. The average molecular weight is 264 g/mol. The molecule has 108 valence electrons. The number of fused-ring (bicyclic) bond motifs is 1. The van der Waals surface area contributed by atoms with E-state index in [-0.39, 0.29) is 5.97 Å². The van der Waals surface area contributed by atoms with Crippen LogP contribution >= 0.6 is 0 Å². The van der Waals surface area contributed by atoms with E-state index < -0.39 is 0 Å². The fourth-order valence-electron chi connectivity index (χ4n) is 3.19. The molecule has 0 bridgehead atoms. The standard InChI is InChI=1S/C17H28O2/c1-14-9-6-4-2-3-5-7-11-17(18)19-12-8-10-15-13-16(14)15/h6,9,14-16H,2-5,7-8,10-13H2,1H3/b9-6+. The number of carbonyl (C=O) groups excluding carboxylic acids is 1. The van der Waals surface area contributed by atoms with E-state index in [0.29, 0.717) is 13.0 Å². The molecule has 19 heavy (non-hydrogen) atoms. The summed E-state index contributed by atoms with van der Waals surface area (Å²) < 4.78 is 5.28. The summed E-state index contributed by atoms with van der Waals surface area (Å²) in [6, 6.07) is 0. The lowest BCUT2D eigenvalue weighted by Gasteiger charge is -2.08. The topological polar surface area (TPSA) is 26.3 Å². The molecule has 0 N–H and O–H groups in total. The van der Waals surface area contributed by atoms with Crippen molar-refractivity contribution in [1.29, 1.82) is 0 Å². The second kappa shape index (κ2) is 7.72. The van der Waals surface area contributed by atoms with Crippen LogP contribution in [0.15, 0.2) is 12.2 Å². The lowest BCUT2D eigenvalue weighted by atomic mass is 10.0. The van der Waals surface area contributed by atoms with E-state index in [1.807, 2.05) is 0 Å². The Balaban J connectivity index is 1.76. The van der Waals surface area contributed by atoms with Crippen molar-refractivity contribution in [3.8, 4) is 0 Å². The molecule has 1 saturated carbocycles. The Morgan fingerprint density at radius 1 is 1.16 bits per heavy atom. The van der Waals surface area contributed by atoms with Crippen LogP contribution in [0.4, 0.5) is 0 Å². The van der Waals surface area contributed by atoms with Crippen molar-refractivity contribution < 1.29 is 9.53 Å². The van der Waals surface area contributed by atoms with Gasteiger partial charge in [0.1, 0.15) is 0 Å². The maximum Gasteiger partial charge on any atom is 0.305 e. The Morgan fingerprint density at radius 2 is 2.00 bits per heavy atom. The van der Waals surface area contributed by atoms with Crippen molar-refractivity contribution in [3.05, 3.63) is 12.2 Å². The Labute approximate surface area is 117 Å². The van der Waals surface area contributed by atoms with E-state index in [4.69, 9.17) is 4.74 Å². The van der Waals surface area contributed by atoms with Gasteiger partial charge in [0.25, 0.3) is 0 Å². The Morgan fingerprint density at radius 3 is 2.89 bits per heavy atom. The fourth-order valence-corrected chi connectivity index (χ4v) is 3.19. The SMILES string of the molecule is CC1/C=C/CCCCCCC(=O)OCCCC2CC12. The van der Waals surface area contributed by atoms with Gasteiger partial charge in [-0.3, -0.25) is 4.79 Å². The number of allylic oxidation sites excluding steroid dienone is 2. The molecule has 0 saturated heterocycles. The minimum absolute atomic E-state index is 0.00713. The molecule has 2 heteroatoms. The van der Waals surface area contributed by atoms with Crippen LogP contribution < -0.4 is 0 Å². The van der Waals surface area contributed by atoms with Crippen LogP contribution in [0.1, 0.15) is 64.7 Å². The first-order valence-electron chi connectivity index (χ1n) is 8.09. The van der Waals surface area contributed by atoms with E-state index >= 15 is 0 Å². The van der Waals surface area contributed by atoms with E-state index in [0.717, 1.165) is 37.0 Å². The van der Waals surface area contributed by atoms with Crippen molar-refractivity contribution in [2.24, 2.45) is 17.8 Å². The van der Waals surface area contributed by atoms with Crippen LogP contribution in [0, 0.1) is 17.8 Å². The summed E-state index contributed by atoms with van der Waals surface area (Å²) in [6.45, 7) is 2.98. The molecule has 0 aromatic carbocycles. The van der Waals surface area contributed by atoms with Crippen molar-refractivity contribution >= 4 is 5.97 Å². The predicted octanol–water partition coefficient (Wildman–Crippen LogP) is 4.49. The molecule has 1 heterocycles.